The van der Waals surface area contributed by atoms with Gasteiger partial charge in [-0.05, 0) is 25.3 Å². The van der Waals surface area contributed by atoms with Crippen molar-refractivity contribution in [2.75, 3.05) is 12.4 Å². The molecule has 1 aliphatic rings. The van der Waals surface area contributed by atoms with E-state index in [4.69, 9.17) is 11.6 Å². The zero-order valence-electron chi connectivity index (χ0n) is 11.4. The fourth-order valence-corrected chi connectivity index (χ4v) is 3.60. The van der Waals surface area contributed by atoms with E-state index < -0.39 is 5.54 Å². The molecule has 20 heavy (non-hydrogen) atoms. The van der Waals surface area contributed by atoms with Crippen molar-refractivity contribution in [3.8, 4) is 0 Å². The maximum absolute atomic E-state index is 12.7. The van der Waals surface area contributed by atoms with Gasteiger partial charge in [0.1, 0.15) is 5.54 Å². The molecule has 3 nitrogen and oxygen atoms in total. The van der Waals surface area contributed by atoms with Crippen LogP contribution in [-0.2, 0) is 15.1 Å². The van der Waals surface area contributed by atoms with Gasteiger partial charge >= 0.3 is 0 Å². The van der Waals surface area contributed by atoms with Crippen LogP contribution in [0.5, 0.6) is 0 Å². The smallest absolute Gasteiger partial charge is 0.234 e. The Morgan fingerprint density at radius 3 is 2.70 bits per heavy atom. The van der Waals surface area contributed by atoms with E-state index in [1.54, 1.807) is 18.0 Å². The van der Waals surface area contributed by atoms with E-state index in [0.717, 1.165) is 18.4 Å². The minimum atomic E-state index is -0.915. The quantitative estimate of drug-likeness (QED) is 0.775. The molecule has 0 N–H and O–H groups in total. The third kappa shape index (κ3) is 2.51. The van der Waals surface area contributed by atoms with E-state index in [2.05, 4.69) is 15.9 Å². The van der Waals surface area contributed by atoms with Crippen molar-refractivity contribution in [2.45, 2.75) is 31.2 Å². The number of hydrogen-bond acceptors (Lipinski definition) is 2. The van der Waals surface area contributed by atoms with Crippen LogP contribution in [0.15, 0.2) is 24.3 Å². The zero-order valence-corrected chi connectivity index (χ0v) is 13.7. The van der Waals surface area contributed by atoms with E-state index in [1.807, 2.05) is 18.2 Å². The molecule has 1 saturated carbocycles. The van der Waals surface area contributed by atoms with Crippen LogP contribution in [0.1, 0.15) is 31.2 Å². The average Bonchev–Trinajstić information content (AvgIpc) is 2.47. The average molecular weight is 359 g/mol. The molecule has 0 spiro atoms. The summed E-state index contributed by atoms with van der Waals surface area (Å²) in [5.41, 5.74) is -0.176. The Morgan fingerprint density at radius 1 is 1.40 bits per heavy atom. The van der Waals surface area contributed by atoms with Gasteiger partial charge in [0.25, 0.3) is 0 Å². The first-order chi connectivity index (χ1) is 9.54. The van der Waals surface area contributed by atoms with Crippen LogP contribution in [0.2, 0.25) is 5.02 Å². The third-order valence-electron chi connectivity index (χ3n) is 4.03. The molecule has 5 heteroatoms. The molecule has 0 aromatic heterocycles. The number of benzene rings is 1. The van der Waals surface area contributed by atoms with Crippen molar-refractivity contribution in [3.63, 3.8) is 0 Å². The summed E-state index contributed by atoms with van der Waals surface area (Å²) in [6, 6.07) is 7.31. The number of ketones is 1. The number of nitrogens with zero attached hydrogens (tertiary/aromatic N) is 1. The van der Waals surface area contributed by atoms with Crippen LogP contribution >= 0.6 is 27.5 Å². The molecule has 0 saturated heterocycles. The Morgan fingerprint density at radius 2 is 2.10 bits per heavy atom. The fourth-order valence-electron chi connectivity index (χ4n) is 2.93. The zero-order chi connectivity index (χ0) is 14.8. The topological polar surface area (TPSA) is 37.4 Å². The highest BCUT2D eigenvalue weighted by atomic mass is 79.9. The van der Waals surface area contributed by atoms with E-state index >= 15 is 0 Å². The second-order valence-corrected chi connectivity index (χ2v) is 6.02. The summed E-state index contributed by atoms with van der Waals surface area (Å²) in [6.45, 7) is 0. The number of carbonyl (C=O) groups excluding carboxylic acids is 2. The minimum Gasteiger partial charge on any atom is -0.328 e. The Balaban J connectivity index is 2.58. The van der Waals surface area contributed by atoms with Gasteiger partial charge in [0, 0.05) is 24.1 Å². The summed E-state index contributed by atoms with van der Waals surface area (Å²) in [6.07, 6.45) is 2.91. The molecule has 0 aliphatic heterocycles. The molecule has 1 fully saturated rings. The van der Waals surface area contributed by atoms with Crippen molar-refractivity contribution < 1.29 is 9.59 Å². The summed E-state index contributed by atoms with van der Waals surface area (Å²) in [5, 5.41) is 0.736. The number of alkyl halides is 1. The number of Topliss-reactive ketones (excluding diaryl/α,β-unsaturated/α-hetero) is 1. The number of carbonyl (C=O) groups is 2. The number of likely N-dealkylation sites (N-methyl/N-ethyl adjacent to an activating group) is 1. The minimum absolute atomic E-state index is 0.0775. The summed E-state index contributed by atoms with van der Waals surface area (Å²) in [5.74, 6) is -0.0335. The Bertz CT molecular complexity index is 534. The molecule has 2 rings (SSSR count). The lowest BCUT2D eigenvalue weighted by atomic mass is 9.74. The van der Waals surface area contributed by atoms with Crippen molar-refractivity contribution in [1.29, 1.82) is 0 Å². The number of amides is 1. The lowest BCUT2D eigenvalue weighted by molar-refractivity contribution is -0.146. The molecule has 0 heterocycles. The number of hydrogen-bond donors (Lipinski definition) is 0. The molecule has 1 amide bonds. The lowest BCUT2D eigenvalue weighted by Crippen LogP contribution is -2.54. The van der Waals surface area contributed by atoms with Crippen molar-refractivity contribution in [2.24, 2.45) is 0 Å². The van der Waals surface area contributed by atoms with E-state index in [0.29, 0.717) is 17.9 Å². The van der Waals surface area contributed by atoms with Gasteiger partial charge in [-0.2, -0.15) is 0 Å². The molecule has 108 valence electrons. The second-order valence-electron chi connectivity index (χ2n) is 5.06. The van der Waals surface area contributed by atoms with Crippen LogP contribution in [-0.4, -0.2) is 29.0 Å². The van der Waals surface area contributed by atoms with Gasteiger partial charge in [-0.1, -0.05) is 45.7 Å². The summed E-state index contributed by atoms with van der Waals surface area (Å²) in [4.78, 5) is 26.4. The predicted molar refractivity (Wildman–Crippen MR) is 83.2 cm³/mol. The summed E-state index contributed by atoms with van der Waals surface area (Å²) in [7, 11) is 1.69. The van der Waals surface area contributed by atoms with Crippen LogP contribution < -0.4 is 0 Å². The van der Waals surface area contributed by atoms with Gasteiger partial charge in [-0.3, -0.25) is 9.59 Å². The van der Waals surface area contributed by atoms with Crippen molar-refractivity contribution in [1.82, 2.24) is 4.90 Å². The molecule has 1 aliphatic carbocycles. The molecular weight excluding hydrogens is 342 g/mol. The molecule has 0 bridgehead atoms. The first kappa shape index (κ1) is 15.5. The predicted octanol–water partition coefficient (Wildman–Crippen LogP) is 3.53. The number of rotatable bonds is 3. The largest absolute Gasteiger partial charge is 0.328 e. The molecule has 1 atom stereocenters. The summed E-state index contributed by atoms with van der Waals surface area (Å²) >= 11 is 9.48. The normalized spacial score (nSPS) is 22.6. The van der Waals surface area contributed by atoms with Gasteiger partial charge in [0.15, 0.2) is 5.78 Å². The molecule has 1 unspecified atom stereocenters. The Kier molecular flexibility index (Phi) is 4.86. The molecule has 0 radical (unpaired) electrons. The highest BCUT2D eigenvalue weighted by Crippen LogP contribution is 2.42. The van der Waals surface area contributed by atoms with Crippen molar-refractivity contribution >= 4 is 39.2 Å². The SMILES string of the molecule is CN(C(=O)CBr)C1(c2ccccc2Cl)CCCCC1=O. The first-order valence-corrected chi connectivity index (χ1v) is 8.15. The van der Waals surface area contributed by atoms with Gasteiger partial charge in [0.05, 0.1) is 5.33 Å². The highest BCUT2D eigenvalue weighted by molar-refractivity contribution is 9.09. The fraction of sp³-hybridized carbons (Fsp3) is 0.467. The Labute approximate surface area is 132 Å². The van der Waals surface area contributed by atoms with E-state index in [-0.39, 0.29) is 17.0 Å². The summed E-state index contributed by atoms with van der Waals surface area (Å²) < 4.78 is 0. The van der Waals surface area contributed by atoms with Crippen molar-refractivity contribution in [3.05, 3.63) is 34.9 Å². The van der Waals surface area contributed by atoms with Gasteiger partial charge in [-0.15, -0.1) is 0 Å². The third-order valence-corrected chi connectivity index (χ3v) is 4.84. The van der Waals surface area contributed by atoms with Gasteiger partial charge in [0.2, 0.25) is 5.91 Å². The van der Waals surface area contributed by atoms with Gasteiger partial charge < -0.3 is 4.90 Å². The first-order valence-electron chi connectivity index (χ1n) is 6.65. The van der Waals surface area contributed by atoms with Crippen LogP contribution in [0.3, 0.4) is 0 Å². The van der Waals surface area contributed by atoms with Crippen LogP contribution in [0.4, 0.5) is 0 Å². The standard InChI is InChI=1S/C15H17BrClNO2/c1-18(14(20)10-16)15(9-5-4-8-13(15)19)11-6-2-3-7-12(11)17/h2-3,6-7H,4-5,8-10H2,1H3. The Hall–Kier alpha value is -0.870. The number of halogens is 2. The van der Waals surface area contributed by atoms with E-state index in [1.165, 1.54) is 0 Å². The molecule has 1 aromatic carbocycles. The highest BCUT2D eigenvalue weighted by Gasteiger charge is 2.47. The monoisotopic (exact) mass is 357 g/mol. The second kappa shape index (κ2) is 6.27. The van der Waals surface area contributed by atoms with E-state index in [9.17, 15) is 9.59 Å². The maximum Gasteiger partial charge on any atom is 0.234 e. The van der Waals surface area contributed by atoms with Crippen LogP contribution in [0, 0.1) is 0 Å². The van der Waals surface area contributed by atoms with Crippen LogP contribution in [0.25, 0.3) is 0 Å². The molecular formula is C15H17BrClNO2. The molecule has 1 aromatic rings. The maximum atomic E-state index is 12.7. The lowest BCUT2D eigenvalue weighted by Gasteiger charge is -2.43. The van der Waals surface area contributed by atoms with Gasteiger partial charge in [-0.25, -0.2) is 0 Å².